The summed E-state index contributed by atoms with van der Waals surface area (Å²) in [6, 6.07) is 0.809. The lowest BCUT2D eigenvalue weighted by Gasteiger charge is -2.31. The molecule has 0 aromatic carbocycles. The molecule has 1 aliphatic rings. The first-order chi connectivity index (χ1) is 7.79. The standard InChI is InChI=1S/C15H31N/c1-4-9-13(3)14-10-7-6-8-11-15(14)16-12-5-2/h13-16H,4-12H2,1-3H3. The lowest BCUT2D eigenvalue weighted by atomic mass is 9.81. The van der Waals surface area contributed by atoms with E-state index in [1.165, 1.54) is 57.9 Å². The molecule has 0 saturated heterocycles. The first kappa shape index (κ1) is 14.0. The van der Waals surface area contributed by atoms with Crippen LogP contribution in [0.25, 0.3) is 0 Å². The summed E-state index contributed by atoms with van der Waals surface area (Å²) in [6.07, 6.45) is 11.3. The number of nitrogens with one attached hydrogen (secondary N) is 1. The Morgan fingerprint density at radius 3 is 2.50 bits per heavy atom. The minimum absolute atomic E-state index is 0.809. The van der Waals surface area contributed by atoms with Gasteiger partial charge in [0.15, 0.2) is 0 Å². The van der Waals surface area contributed by atoms with Crippen LogP contribution in [0.3, 0.4) is 0 Å². The van der Waals surface area contributed by atoms with E-state index in [-0.39, 0.29) is 0 Å². The van der Waals surface area contributed by atoms with Crippen molar-refractivity contribution in [1.82, 2.24) is 5.32 Å². The third-order valence-electron chi connectivity index (χ3n) is 4.20. The maximum absolute atomic E-state index is 3.80. The van der Waals surface area contributed by atoms with Gasteiger partial charge in [0.2, 0.25) is 0 Å². The molecular weight excluding hydrogens is 194 g/mol. The van der Waals surface area contributed by atoms with Crippen molar-refractivity contribution in [1.29, 1.82) is 0 Å². The van der Waals surface area contributed by atoms with E-state index in [1.54, 1.807) is 0 Å². The molecule has 3 atom stereocenters. The van der Waals surface area contributed by atoms with E-state index in [1.807, 2.05) is 0 Å². The highest BCUT2D eigenvalue weighted by molar-refractivity contribution is 4.82. The van der Waals surface area contributed by atoms with E-state index in [2.05, 4.69) is 26.1 Å². The molecule has 0 bridgehead atoms. The quantitative estimate of drug-likeness (QED) is 0.662. The van der Waals surface area contributed by atoms with Crippen molar-refractivity contribution in [3.8, 4) is 0 Å². The van der Waals surface area contributed by atoms with Crippen LogP contribution in [0.15, 0.2) is 0 Å². The number of hydrogen-bond donors (Lipinski definition) is 1. The molecule has 1 saturated carbocycles. The fourth-order valence-electron chi connectivity index (χ4n) is 3.27. The second-order valence-corrected chi connectivity index (χ2v) is 5.63. The van der Waals surface area contributed by atoms with Gasteiger partial charge in [-0.05, 0) is 37.6 Å². The Bertz CT molecular complexity index is 167. The molecule has 1 fully saturated rings. The summed E-state index contributed by atoms with van der Waals surface area (Å²) < 4.78 is 0. The fourth-order valence-corrected chi connectivity index (χ4v) is 3.27. The van der Waals surface area contributed by atoms with Crippen molar-refractivity contribution in [2.45, 2.75) is 78.2 Å². The van der Waals surface area contributed by atoms with Gasteiger partial charge in [-0.25, -0.2) is 0 Å². The van der Waals surface area contributed by atoms with Crippen LogP contribution in [-0.4, -0.2) is 12.6 Å². The SMILES string of the molecule is CCCNC1CCCCCC1C(C)CCC. The molecule has 1 nitrogen and oxygen atoms in total. The van der Waals surface area contributed by atoms with E-state index in [0.717, 1.165) is 17.9 Å². The Balaban J connectivity index is 2.50. The van der Waals surface area contributed by atoms with Crippen molar-refractivity contribution in [3.63, 3.8) is 0 Å². The van der Waals surface area contributed by atoms with Crippen molar-refractivity contribution in [2.75, 3.05) is 6.54 Å². The van der Waals surface area contributed by atoms with Crippen LogP contribution in [0.2, 0.25) is 0 Å². The summed E-state index contributed by atoms with van der Waals surface area (Å²) in [4.78, 5) is 0. The van der Waals surface area contributed by atoms with Gasteiger partial charge in [0.1, 0.15) is 0 Å². The monoisotopic (exact) mass is 225 g/mol. The fraction of sp³-hybridized carbons (Fsp3) is 1.00. The van der Waals surface area contributed by atoms with Crippen molar-refractivity contribution in [2.24, 2.45) is 11.8 Å². The number of hydrogen-bond acceptors (Lipinski definition) is 1. The van der Waals surface area contributed by atoms with Crippen molar-refractivity contribution in [3.05, 3.63) is 0 Å². The van der Waals surface area contributed by atoms with Crippen molar-refractivity contribution < 1.29 is 0 Å². The summed E-state index contributed by atoms with van der Waals surface area (Å²) in [5, 5.41) is 3.80. The first-order valence-corrected chi connectivity index (χ1v) is 7.53. The summed E-state index contributed by atoms with van der Waals surface area (Å²) in [5.74, 6) is 1.85. The average molecular weight is 225 g/mol. The Kier molecular flexibility index (Phi) is 7.11. The van der Waals surface area contributed by atoms with Crippen LogP contribution < -0.4 is 5.32 Å². The van der Waals surface area contributed by atoms with Crippen LogP contribution >= 0.6 is 0 Å². The van der Waals surface area contributed by atoms with Crippen LogP contribution in [0.1, 0.15) is 72.1 Å². The van der Waals surface area contributed by atoms with Gasteiger partial charge < -0.3 is 5.32 Å². The summed E-state index contributed by atoms with van der Waals surface area (Å²) in [7, 11) is 0. The molecule has 3 unspecified atom stereocenters. The molecule has 0 radical (unpaired) electrons. The molecule has 1 aliphatic carbocycles. The predicted octanol–water partition coefficient (Wildman–Crippen LogP) is 4.37. The second-order valence-electron chi connectivity index (χ2n) is 5.63. The molecule has 0 aromatic rings. The Labute approximate surface area is 102 Å². The Morgan fingerprint density at radius 2 is 1.81 bits per heavy atom. The van der Waals surface area contributed by atoms with Gasteiger partial charge >= 0.3 is 0 Å². The minimum atomic E-state index is 0.809. The second kappa shape index (κ2) is 8.11. The maximum Gasteiger partial charge on any atom is 0.00978 e. The van der Waals surface area contributed by atoms with E-state index in [9.17, 15) is 0 Å². The van der Waals surface area contributed by atoms with Gasteiger partial charge in [-0.1, -0.05) is 52.9 Å². The zero-order valence-corrected chi connectivity index (χ0v) is 11.6. The normalized spacial score (nSPS) is 28.7. The summed E-state index contributed by atoms with van der Waals surface area (Å²) in [6.45, 7) is 8.27. The van der Waals surface area contributed by atoms with Gasteiger partial charge in [0, 0.05) is 6.04 Å². The third-order valence-corrected chi connectivity index (χ3v) is 4.20. The zero-order chi connectivity index (χ0) is 11.8. The van der Waals surface area contributed by atoms with Crippen LogP contribution in [0, 0.1) is 11.8 Å². The smallest absolute Gasteiger partial charge is 0.00978 e. The Hall–Kier alpha value is -0.0400. The predicted molar refractivity (Wildman–Crippen MR) is 72.7 cm³/mol. The molecule has 0 heterocycles. The third kappa shape index (κ3) is 4.45. The largest absolute Gasteiger partial charge is 0.314 e. The van der Waals surface area contributed by atoms with Gasteiger partial charge in [-0.3, -0.25) is 0 Å². The molecule has 96 valence electrons. The summed E-state index contributed by atoms with van der Waals surface area (Å²) in [5.41, 5.74) is 0. The first-order valence-electron chi connectivity index (χ1n) is 7.53. The average Bonchev–Trinajstić information content (AvgIpc) is 2.51. The molecule has 16 heavy (non-hydrogen) atoms. The maximum atomic E-state index is 3.80. The molecular formula is C15H31N. The molecule has 0 aromatic heterocycles. The molecule has 0 amide bonds. The van der Waals surface area contributed by atoms with Crippen LogP contribution in [-0.2, 0) is 0 Å². The van der Waals surface area contributed by atoms with Gasteiger partial charge in [0.05, 0.1) is 0 Å². The number of rotatable bonds is 6. The molecule has 0 spiro atoms. The van der Waals surface area contributed by atoms with Gasteiger partial charge in [-0.15, -0.1) is 0 Å². The summed E-state index contributed by atoms with van der Waals surface area (Å²) >= 11 is 0. The van der Waals surface area contributed by atoms with Crippen molar-refractivity contribution >= 4 is 0 Å². The Morgan fingerprint density at radius 1 is 1.06 bits per heavy atom. The lowest BCUT2D eigenvalue weighted by molar-refractivity contribution is 0.236. The highest BCUT2D eigenvalue weighted by Crippen LogP contribution is 2.31. The molecule has 0 aliphatic heterocycles. The van der Waals surface area contributed by atoms with E-state index < -0.39 is 0 Å². The van der Waals surface area contributed by atoms with Gasteiger partial charge in [0.25, 0.3) is 0 Å². The van der Waals surface area contributed by atoms with Gasteiger partial charge in [-0.2, -0.15) is 0 Å². The molecule has 1 rings (SSSR count). The molecule has 1 heteroatoms. The van der Waals surface area contributed by atoms with E-state index in [0.29, 0.717) is 0 Å². The topological polar surface area (TPSA) is 12.0 Å². The highest BCUT2D eigenvalue weighted by Gasteiger charge is 2.27. The van der Waals surface area contributed by atoms with E-state index in [4.69, 9.17) is 0 Å². The minimum Gasteiger partial charge on any atom is -0.314 e. The lowest BCUT2D eigenvalue weighted by Crippen LogP contribution is -2.39. The van der Waals surface area contributed by atoms with Crippen LogP contribution in [0.5, 0.6) is 0 Å². The van der Waals surface area contributed by atoms with Crippen LogP contribution in [0.4, 0.5) is 0 Å². The highest BCUT2D eigenvalue weighted by atomic mass is 14.9. The molecule has 1 N–H and O–H groups in total. The zero-order valence-electron chi connectivity index (χ0n) is 11.6. The van der Waals surface area contributed by atoms with E-state index >= 15 is 0 Å².